The highest BCUT2D eigenvalue weighted by Gasteiger charge is 2.31. The topological polar surface area (TPSA) is 52.7 Å². The number of carbonyl (C=O) groups is 2. The van der Waals surface area contributed by atoms with Crippen molar-refractivity contribution in [3.63, 3.8) is 0 Å². The fraction of sp³-hybridized carbons (Fsp3) is 0.652. The average molecular weight is 454 g/mol. The van der Waals surface area contributed by atoms with Crippen molar-refractivity contribution in [2.24, 2.45) is 11.8 Å². The molecule has 5 nitrogen and oxygen atoms in total. The maximum atomic E-state index is 12.8. The van der Waals surface area contributed by atoms with Crippen molar-refractivity contribution in [1.82, 2.24) is 15.1 Å². The standard InChI is InChI=1S/C23H33Cl2N3O2/c1-16(2)3-8-26-22(29)17-4-9-27(10-5-17)21-6-11-28(12-7-21)23(30)18-13-19(24)15-20(25)14-18/h13-17,21H,3-12H2,1-2H3,(H,26,29). The van der Waals surface area contributed by atoms with Crippen LogP contribution >= 0.6 is 23.2 Å². The first-order valence-corrected chi connectivity index (χ1v) is 11.9. The normalized spacial score (nSPS) is 19.3. The second-order valence-electron chi connectivity index (χ2n) is 8.97. The van der Waals surface area contributed by atoms with Crippen LogP contribution in [0.15, 0.2) is 18.2 Å². The maximum Gasteiger partial charge on any atom is 0.253 e. The lowest BCUT2D eigenvalue weighted by molar-refractivity contribution is -0.126. The summed E-state index contributed by atoms with van der Waals surface area (Å²) in [6, 6.07) is 5.49. The predicted octanol–water partition coefficient (Wildman–Crippen LogP) is 4.47. The Morgan fingerprint density at radius 2 is 1.60 bits per heavy atom. The quantitative estimate of drug-likeness (QED) is 0.690. The molecule has 0 aromatic heterocycles. The van der Waals surface area contributed by atoms with Gasteiger partial charge in [0.2, 0.25) is 5.91 Å². The minimum atomic E-state index is -0.00498. The van der Waals surface area contributed by atoms with Gasteiger partial charge in [0.25, 0.3) is 5.91 Å². The zero-order valence-electron chi connectivity index (χ0n) is 18.0. The van der Waals surface area contributed by atoms with E-state index in [0.29, 0.717) is 27.6 Å². The molecule has 2 heterocycles. The Hall–Kier alpha value is -1.30. The smallest absolute Gasteiger partial charge is 0.253 e. The molecule has 0 bridgehead atoms. The lowest BCUT2D eigenvalue weighted by atomic mass is 9.92. The number of piperidine rings is 2. The van der Waals surface area contributed by atoms with Crippen LogP contribution in [0.4, 0.5) is 0 Å². The zero-order valence-corrected chi connectivity index (χ0v) is 19.5. The van der Waals surface area contributed by atoms with Crippen LogP contribution in [0.25, 0.3) is 0 Å². The fourth-order valence-corrected chi connectivity index (χ4v) is 4.98. The highest BCUT2D eigenvalue weighted by Crippen LogP contribution is 2.26. The number of rotatable bonds is 6. The molecular formula is C23H33Cl2N3O2. The number of halogens is 2. The molecule has 0 aliphatic carbocycles. The molecule has 1 aromatic rings. The van der Waals surface area contributed by atoms with Crippen molar-refractivity contribution in [3.05, 3.63) is 33.8 Å². The minimum absolute atomic E-state index is 0.00498. The number of nitrogens with zero attached hydrogens (tertiary/aromatic N) is 2. The Morgan fingerprint density at radius 1 is 1.00 bits per heavy atom. The second-order valence-corrected chi connectivity index (χ2v) is 9.84. The average Bonchev–Trinajstić information content (AvgIpc) is 2.72. The van der Waals surface area contributed by atoms with Gasteiger partial charge in [-0.2, -0.15) is 0 Å². The van der Waals surface area contributed by atoms with Crippen LogP contribution in [0.2, 0.25) is 10.0 Å². The van der Waals surface area contributed by atoms with Gasteiger partial charge in [0.1, 0.15) is 0 Å². The monoisotopic (exact) mass is 453 g/mol. The van der Waals surface area contributed by atoms with E-state index in [1.807, 2.05) is 4.90 Å². The molecule has 2 amide bonds. The van der Waals surface area contributed by atoms with E-state index in [-0.39, 0.29) is 17.7 Å². The van der Waals surface area contributed by atoms with E-state index in [9.17, 15) is 9.59 Å². The number of hydrogen-bond donors (Lipinski definition) is 1. The van der Waals surface area contributed by atoms with E-state index in [4.69, 9.17) is 23.2 Å². The molecule has 3 rings (SSSR count). The first-order chi connectivity index (χ1) is 14.3. The molecule has 2 aliphatic rings. The first kappa shape index (κ1) is 23.4. The number of carbonyl (C=O) groups excluding carboxylic acids is 2. The van der Waals surface area contributed by atoms with E-state index in [0.717, 1.165) is 64.8 Å². The highest BCUT2D eigenvalue weighted by molar-refractivity contribution is 6.35. The van der Waals surface area contributed by atoms with Crippen LogP contribution in [-0.4, -0.2) is 60.4 Å². The van der Waals surface area contributed by atoms with Crippen LogP contribution in [0.5, 0.6) is 0 Å². The molecule has 0 saturated carbocycles. The predicted molar refractivity (Wildman–Crippen MR) is 122 cm³/mol. The third kappa shape index (κ3) is 6.35. The van der Waals surface area contributed by atoms with E-state index >= 15 is 0 Å². The van der Waals surface area contributed by atoms with Crippen molar-refractivity contribution in [2.75, 3.05) is 32.7 Å². The molecule has 0 spiro atoms. The Bertz CT molecular complexity index is 720. The Kier molecular flexibility index (Phi) is 8.44. The van der Waals surface area contributed by atoms with Crippen molar-refractivity contribution in [1.29, 1.82) is 0 Å². The number of benzene rings is 1. The van der Waals surface area contributed by atoms with Gasteiger partial charge in [-0.05, 0) is 69.3 Å². The summed E-state index contributed by atoms with van der Waals surface area (Å²) in [6.45, 7) is 8.53. The summed E-state index contributed by atoms with van der Waals surface area (Å²) in [4.78, 5) is 29.6. The molecule has 2 aliphatic heterocycles. The number of nitrogens with one attached hydrogen (secondary N) is 1. The van der Waals surface area contributed by atoms with Gasteiger partial charge in [0, 0.05) is 47.2 Å². The summed E-state index contributed by atoms with van der Waals surface area (Å²) < 4.78 is 0. The van der Waals surface area contributed by atoms with Crippen molar-refractivity contribution >= 4 is 35.0 Å². The molecule has 2 saturated heterocycles. The molecule has 1 N–H and O–H groups in total. The SMILES string of the molecule is CC(C)CCNC(=O)C1CCN(C2CCN(C(=O)c3cc(Cl)cc(Cl)c3)CC2)CC1. The third-order valence-electron chi connectivity index (χ3n) is 6.30. The molecule has 0 radical (unpaired) electrons. The fourth-order valence-electron chi connectivity index (χ4n) is 4.45. The molecule has 0 atom stereocenters. The van der Waals surface area contributed by atoms with Gasteiger partial charge in [0.05, 0.1) is 0 Å². The van der Waals surface area contributed by atoms with Crippen LogP contribution in [-0.2, 0) is 4.79 Å². The molecule has 0 unspecified atom stereocenters. The van der Waals surface area contributed by atoms with Gasteiger partial charge in [-0.1, -0.05) is 37.0 Å². The summed E-state index contributed by atoms with van der Waals surface area (Å²) in [5, 5.41) is 4.07. The van der Waals surface area contributed by atoms with Gasteiger partial charge in [-0.15, -0.1) is 0 Å². The molecule has 2 fully saturated rings. The summed E-state index contributed by atoms with van der Waals surface area (Å²) in [5.41, 5.74) is 0.551. The Balaban J connectivity index is 1.43. The number of amides is 2. The van der Waals surface area contributed by atoms with Gasteiger partial charge >= 0.3 is 0 Å². The van der Waals surface area contributed by atoms with Gasteiger partial charge < -0.3 is 15.1 Å². The lowest BCUT2D eigenvalue weighted by Gasteiger charge is -2.41. The molecule has 30 heavy (non-hydrogen) atoms. The van der Waals surface area contributed by atoms with E-state index in [1.165, 1.54) is 0 Å². The lowest BCUT2D eigenvalue weighted by Crippen LogP contribution is -2.50. The van der Waals surface area contributed by atoms with Gasteiger partial charge in [-0.3, -0.25) is 9.59 Å². The summed E-state index contributed by atoms with van der Waals surface area (Å²) in [6.07, 6.45) is 4.81. The highest BCUT2D eigenvalue weighted by atomic mass is 35.5. The second kappa shape index (κ2) is 10.8. The summed E-state index contributed by atoms with van der Waals surface area (Å²) in [7, 11) is 0. The summed E-state index contributed by atoms with van der Waals surface area (Å²) in [5.74, 6) is 0.967. The molecule has 166 valence electrons. The van der Waals surface area contributed by atoms with E-state index in [1.54, 1.807) is 18.2 Å². The van der Waals surface area contributed by atoms with E-state index < -0.39 is 0 Å². The van der Waals surface area contributed by atoms with Crippen LogP contribution in [0.3, 0.4) is 0 Å². The van der Waals surface area contributed by atoms with Crippen molar-refractivity contribution in [2.45, 2.75) is 52.0 Å². The third-order valence-corrected chi connectivity index (χ3v) is 6.74. The van der Waals surface area contributed by atoms with Gasteiger partial charge in [0.15, 0.2) is 0 Å². The molecule has 1 aromatic carbocycles. The summed E-state index contributed by atoms with van der Waals surface area (Å²) >= 11 is 12.1. The van der Waals surface area contributed by atoms with Gasteiger partial charge in [-0.25, -0.2) is 0 Å². The molecule has 7 heteroatoms. The zero-order chi connectivity index (χ0) is 21.7. The minimum Gasteiger partial charge on any atom is -0.356 e. The van der Waals surface area contributed by atoms with E-state index in [2.05, 4.69) is 24.1 Å². The van der Waals surface area contributed by atoms with Crippen LogP contribution in [0.1, 0.15) is 56.3 Å². The number of likely N-dealkylation sites (tertiary alicyclic amines) is 2. The first-order valence-electron chi connectivity index (χ1n) is 11.1. The Labute approximate surface area is 190 Å². The van der Waals surface area contributed by atoms with Crippen LogP contribution < -0.4 is 5.32 Å². The number of hydrogen-bond acceptors (Lipinski definition) is 3. The van der Waals surface area contributed by atoms with Crippen molar-refractivity contribution < 1.29 is 9.59 Å². The maximum absolute atomic E-state index is 12.8. The van der Waals surface area contributed by atoms with Crippen LogP contribution in [0, 0.1) is 11.8 Å². The van der Waals surface area contributed by atoms with Crippen molar-refractivity contribution in [3.8, 4) is 0 Å². The Morgan fingerprint density at radius 3 is 2.17 bits per heavy atom. The molecular weight excluding hydrogens is 421 g/mol. The largest absolute Gasteiger partial charge is 0.356 e.